The van der Waals surface area contributed by atoms with E-state index >= 15 is 0 Å². The van der Waals surface area contributed by atoms with Crippen molar-refractivity contribution in [1.82, 2.24) is 0 Å². The van der Waals surface area contributed by atoms with Gasteiger partial charge in [0.1, 0.15) is 0 Å². The van der Waals surface area contributed by atoms with Crippen LogP contribution in [0.25, 0.3) is 0 Å². The summed E-state index contributed by atoms with van der Waals surface area (Å²) in [5.41, 5.74) is -2.21. The van der Waals surface area contributed by atoms with Crippen LogP contribution in [0.15, 0.2) is 30.3 Å². The molecule has 2 N–H and O–H groups in total. The van der Waals surface area contributed by atoms with Crippen molar-refractivity contribution >= 4 is 0 Å². The molecule has 2 rings (SSSR count). The molecule has 1 aliphatic rings. The van der Waals surface area contributed by atoms with Crippen LogP contribution in [0.2, 0.25) is 0 Å². The van der Waals surface area contributed by atoms with Gasteiger partial charge in [0.15, 0.2) is 5.79 Å². The molecule has 0 bridgehead atoms. The third kappa shape index (κ3) is 3.37. The molecule has 0 aromatic heterocycles. The Kier molecular flexibility index (Phi) is 4.93. The van der Waals surface area contributed by atoms with E-state index < -0.39 is 33.9 Å². The fourth-order valence-electron chi connectivity index (χ4n) is 4.28. The van der Waals surface area contributed by atoms with Crippen LogP contribution >= 0.6 is 0 Å². The molecule has 4 heteroatoms. The zero-order chi connectivity index (χ0) is 19.3. The number of rotatable bonds is 5. The Bertz CT molecular complexity index is 600. The predicted octanol–water partition coefficient (Wildman–Crippen LogP) is 3.89. The van der Waals surface area contributed by atoms with Crippen molar-refractivity contribution in [3.63, 3.8) is 0 Å². The quantitative estimate of drug-likeness (QED) is 0.846. The molecule has 0 aliphatic carbocycles. The number of hydrogen-bond acceptors (Lipinski definition) is 4. The second kappa shape index (κ2) is 6.05. The Balaban J connectivity index is 2.31. The number of ether oxygens (including phenoxy) is 2. The molecule has 1 aromatic carbocycles. The molecule has 0 spiro atoms. The van der Waals surface area contributed by atoms with Crippen LogP contribution in [-0.2, 0) is 16.1 Å². The second-order valence-electron chi connectivity index (χ2n) is 9.25. The summed E-state index contributed by atoms with van der Waals surface area (Å²) in [7, 11) is 0. The van der Waals surface area contributed by atoms with E-state index in [-0.39, 0.29) is 0 Å². The van der Waals surface area contributed by atoms with Crippen LogP contribution in [0, 0.1) is 11.3 Å². The van der Waals surface area contributed by atoms with Crippen molar-refractivity contribution in [3.05, 3.63) is 35.9 Å². The van der Waals surface area contributed by atoms with Gasteiger partial charge in [0, 0.05) is 5.41 Å². The van der Waals surface area contributed by atoms with Crippen molar-refractivity contribution in [1.29, 1.82) is 0 Å². The maximum absolute atomic E-state index is 11.6. The summed E-state index contributed by atoms with van der Waals surface area (Å²) in [6, 6.07) is 9.87. The zero-order valence-electron chi connectivity index (χ0n) is 16.9. The molecule has 1 aromatic rings. The Morgan fingerprint density at radius 2 is 1.56 bits per heavy atom. The number of benzene rings is 1. The minimum Gasteiger partial charge on any atom is -0.387 e. The van der Waals surface area contributed by atoms with Gasteiger partial charge in [-0.25, -0.2) is 0 Å². The highest BCUT2D eigenvalue weighted by Gasteiger charge is 2.68. The van der Waals surface area contributed by atoms with Gasteiger partial charge in [0.2, 0.25) is 0 Å². The number of aliphatic hydroxyl groups is 2. The van der Waals surface area contributed by atoms with Crippen molar-refractivity contribution in [2.75, 3.05) is 0 Å². The lowest BCUT2D eigenvalue weighted by Gasteiger charge is -2.51. The largest absolute Gasteiger partial charge is 0.387 e. The summed E-state index contributed by atoms with van der Waals surface area (Å²) in [5, 5.41) is 22.5. The topological polar surface area (TPSA) is 58.9 Å². The first-order valence-electron chi connectivity index (χ1n) is 8.98. The lowest BCUT2D eigenvalue weighted by molar-refractivity contribution is -0.271. The molecule has 142 valence electrons. The summed E-state index contributed by atoms with van der Waals surface area (Å²) in [6.45, 7) is 15.5. The molecule has 4 nitrogen and oxygen atoms in total. The van der Waals surface area contributed by atoms with Gasteiger partial charge in [-0.3, -0.25) is 0 Å². The Morgan fingerprint density at radius 3 is 2.00 bits per heavy atom. The first-order valence-corrected chi connectivity index (χ1v) is 8.98. The van der Waals surface area contributed by atoms with Crippen molar-refractivity contribution in [3.8, 4) is 0 Å². The zero-order valence-corrected chi connectivity index (χ0v) is 16.9. The van der Waals surface area contributed by atoms with Gasteiger partial charge in [-0.1, -0.05) is 44.2 Å². The van der Waals surface area contributed by atoms with E-state index in [0.29, 0.717) is 6.61 Å². The third-order valence-electron chi connectivity index (χ3n) is 6.49. The van der Waals surface area contributed by atoms with E-state index in [4.69, 9.17) is 9.47 Å². The molecule has 0 saturated carbocycles. The Labute approximate surface area is 152 Å². The lowest BCUT2D eigenvalue weighted by Crippen LogP contribution is -2.62. The van der Waals surface area contributed by atoms with Crippen LogP contribution in [-0.4, -0.2) is 32.8 Å². The maximum atomic E-state index is 11.6. The van der Waals surface area contributed by atoms with E-state index in [2.05, 4.69) is 0 Å². The number of hydrogen-bond donors (Lipinski definition) is 2. The molecular weight excluding hydrogens is 316 g/mol. The normalized spacial score (nSPS) is 30.9. The van der Waals surface area contributed by atoms with E-state index in [1.54, 1.807) is 13.8 Å². The van der Waals surface area contributed by atoms with Gasteiger partial charge in [-0.2, -0.15) is 0 Å². The molecular formula is C21H34O4. The molecule has 0 radical (unpaired) electrons. The fourth-order valence-corrected chi connectivity index (χ4v) is 4.28. The summed E-state index contributed by atoms with van der Waals surface area (Å²) in [6.07, 6.45) is 0. The average Bonchev–Trinajstić information content (AvgIpc) is 2.57. The molecule has 25 heavy (non-hydrogen) atoms. The van der Waals surface area contributed by atoms with E-state index in [1.807, 2.05) is 71.9 Å². The van der Waals surface area contributed by atoms with Crippen LogP contribution in [0.5, 0.6) is 0 Å². The summed E-state index contributed by atoms with van der Waals surface area (Å²) in [5.74, 6) is -1.99. The fraction of sp³-hybridized carbons (Fsp3) is 0.714. The molecule has 1 saturated heterocycles. The van der Waals surface area contributed by atoms with Crippen LogP contribution in [0.4, 0.5) is 0 Å². The summed E-state index contributed by atoms with van der Waals surface area (Å²) >= 11 is 0. The minimum atomic E-state index is -1.45. The van der Waals surface area contributed by atoms with Gasteiger partial charge in [-0.15, -0.1) is 0 Å². The van der Waals surface area contributed by atoms with E-state index in [9.17, 15) is 10.2 Å². The van der Waals surface area contributed by atoms with Gasteiger partial charge < -0.3 is 19.7 Å². The van der Waals surface area contributed by atoms with Gasteiger partial charge in [0.05, 0.1) is 29.3 Å². The van der Waals surface area contributed by atoms with Gasteiger partial charge >= 0.3 is 0 Å². The molecule has 3 atom stereocenters. The molecule has 1 heterocycles. The molecule has 1 aliphatic heterocycles. The SMILES string of the molecule is CC1(O)OC(C)(C)C(C)(C)C1[C@](C)(O)C(C)(C)OCc1ccccc1. The van der Waals surface area contributed by atoms with Crippen LogP contribution < -0.4 is 0 Å². The van der Waals surface area contributed by atoms with Gasteiger partial charge in [-0.05, 0) is 47.1 Å². The Morgan fingerprint density at radius 1 is 1.04 bits per heavy atom. The van der Waals surface area contributed by atoms with Crippen molar-refractivity contribution in [2.24, 2.45) is 11.3 Å². The second-order valence-corrected chi connectivity index (χ2v) is 9.25. The monoisotopic (exact) mass is 350 g/mol. The highest BCUT2D eigenvalue weighted by molar-refractivity contribution is 5.16. The Hall–Kier alpha value is -0.940. The predicted molar refractivity (Wildman–Crippen MR) is 99.0 cm³/mol. The van der Waals surface area contributed by atoms with E-state index in [1.165, 1.54) is 0 Å². The maximum Gasteiger partial charge on any atom is 0.169 e. The minimum absolute atomic E-state index is 0.392. The van der Waals surface area contributed by atoms with Crippen molar-refractivity contribution in [2.45, 2.75) is 84.6 Å². The highest BCUT2D eigenvalue weighted by Crippen LogP contribution is 2.59. The third-order valence-corrected chi connectivity index (χ3v) is 6.49. The first kappa shape index (κ1) is 20.4. The van der Waals surface area contributed by atoms with Crippen LogP contribution in [0.3, 0.4) is 0 Å². The lowest BCUT2D eigenvalue weighted by atomic mass is 9.59. The molecule has 0 amide bonds. The van der Waals surface area contributed by atoms with Gasteiger partial charge in [0.25, 0.3) is 0 Å². The average molecular weight is 350 g/mol. The molecule has 1 fully saturated rings. The standard InChI is InChI=1S/C21H34O4/c1-17(2)16(21(8,23)25-18(17,3)4)20(7,22)19(5,6)24-14-15-12-10-9-11-13-15/h9-13,16,22-23H,14H2,1-8H3/t16?,20-,21?/m0/s1. The summed E-state index contributed by atoms with van der Waals surface area (Å²) < 4.78 is 12.1. The first-order chi connectivity index (χ1) is 11.2. The van der Waals surface area contributed by atoms with E-state index in [0.717, 1.165) is 5.56 Å². The van der Waals surface area contributed by atoms with Crippen LogP contribution in [0.1, 0.15) is 61.0 Å². The molecule has 2 unspecified atom stereocenters. The summed E-state index contributed by atoms with van der Waals surface area (Å²) in [4.78, 5) is 0. The van der Waals surface area contributed by atoms with Crippen molar-refractivity contribution < 1.29 is 19.7 Å². The smallest absolute Gasteiger partial charge is 0.169 e. The highest BCUT2D eigenvalue weighted by atomic mass is 16.6.